The Labute approximate surface area is 110 Å². The Morgan fingerprint density at radius 1 is 1.16 bits per heavy atom. The molecular formula is C15H15F2NO. The molecule has 100 valence electrons. The van der Waals surface area contributed by atoms with Crippen molar-refractivity contribution in [3.63, 3.8) is 0 Å². The van der Waals surface area contributed by atoms with Crippen molar-refractivity contribution in [2.24, 2.45) is 5.73 Å². The molecule has 0 spiro atoms. The molecule has 0 aromatic heterocycles. The molecule has 0 atom stereocenters. The number of benzene rings is 2. The molecule has 0 saturated heterocycles. The highest BCUT2D eigenvalue weighted by molar-refractivity contribution is 5.42. The Bertz CT molecular complexity index is 584. The smallest absolute Gasteiger partial charge is 0.166 e. The Balaban J connectivity index is 2.39. The minimum Gasteiger partial charge on any atom is -0.454 e. The second-order valence-electron chi connectivity index (χ2n) is 4.28. The maximum Gasteiger partial charge on any atom is 0.166 e. The van der Waals surface area contributed by atoms with Crippen molar-refractivity contribution in [3.8, 4) is 11.5 Å². The van der Waals surface area contributed by atoms with Crippen LogP contribution in [0.3, 0.4) is 0 Å². The number of para-hydroxylation sites is 1. The molecule has 2 nitrogen and oxygen atoms in total. The van der Waals surface area contributed by atoms with Gasteiger partial charge in [-0.05, 0) is 43.1 Å². The predicted molar refractivity (Wildman–Crippen MR) is 70.4 cm³/mol. The number of aryl methyl sites for hydroxylation is 1. The summed E-state index contributed by atoms with van der Waals surface area (Å²) < 4.78 is 32.6. The summed E-state index contributed by atoms with van der Waals surface area (Å²) in [5, 5.41) is 0. The summed E-state index contributed by atoms with van der Waals surface area (Å²) in [6.07, 6.45) is 0.501. The van der Waals surface area contributed by atoms with E-state index in [4.69, 9.17) is 10.5 Å². The number of nitrogens with two attached hydrogens (primary N) is 1. The minimum absolute atomic E-state index is 0.113. The van der Waals surface area contributed by atoms with Crippen LogP contribution in [0, 0.1) is 18.6 Å². The van der Waals surface area contributed by atoms with Gasteiger partial charge in [0, 0.05) is 6.07 Å². The van der Waals surface area contributed by atoms with Gasteiger partial charge in [0.15, 0.2) is 11.6 Å². The highest BCUT2D eigenvalue weighted by atomic mass is 19.1. The van der Waals surface area contributed by atoms with Gasteiger partial charge in [-0.2, -0.15) is 0 Å². The van der Waals surface area contributed by atoms with Crippen LogP contribution >= 0.6 is 0 Å². The van der Waals surface area contributed by atoms with Gasteiger partial charge >= 0.3 is 0 Å². The molecule has 19 heavy (non-hydrogen) atoms. The van der Waals surface area contributed by atoms with Crippen LogP contribution in [0.25, 0.3) is 0 Å². The average Bonchev–Trinajstić information content (AvgIpc) is 2.38. The number of halogens is 2. The number of hydrogen-bond donors (Lipinski definition) is 1. The zero-order valence-corrected chi connectivity index (χ0v) is 10.6. The van der Waals surface area contributed by atoms with Crippen LogP contribution < -0.4 is 10.5 Å². The lowest BCUT2D eigenvalue weighted by Crippen LogP contribution is -2.05. The van der Waals surface area contributed by atoms with Gasteiger partial charge in [0.25, 0.3) is 0 Å². The van der Waals surface area contributed by atoms with E-state index in [1.807, 2.05) is 0 Å². The van der Waals surface area contributed by atoms with E-state index < -0.39 is 11.6 Å². The quantitative estimate of drug-likeness (QED) is 0.915. The number of ether oxygens (including phenoxy) is 1. The molecule has 0 heterocycles. The van der Waals surface area contributed by atoms with Gasteiger partial charge in [-0.1, -0.05) is 18.2 Å². The summed E-state index contributed by atoms with van der Waals surface area (Å²) in [7, 11) is 0. The SMILES string of the molecule is Cc1ccc(F)cc1Oc1c(F)cccc1CCN. The van der Waals surface area contributed by atoms with E-state index in [1.54, 1.807) is 25.1 Å². The minimum atomic E-state index is -0.477. The molecule has 0 aliphatic rings. The maximum absolute atomic E-state index is 13.8. The Hall–Kier alpha value is -1.94. The maximum atomic E-state index is 13.8. The number of rotatable bonds is 4. The Morgan fingerprint density at radius 2 is 1.95 bits per heavy atom. The molecule has 2 N–H and O–H groups in total. The van der Waals surface area contributed by atoms with E-state index in [0.717, 1.165) is 5.56 Å². The lowest BCUT2D eigenvalue weighted by molar-refractivity contribution is 0.430. The normalized spacial score (nSPS) is 10.5. The monoisotopic (exact) mass is 263 g/mol. The van der Waals surface area contributed by atoms with Crippen LogP contribution in [0.1, 0.15) is 11.1 Å². The van der Waals surface area contributed by atoms with Gasteiger partial charge in [0.2, 0.25) is 0 Å². The molecule has 0 bridgehead atoms. The highest BCUT2D eigenvalue weighted by Crippen LogP contribution is 2.31. The van der Waals surface area contributed by atoms with E-state index >= 15 is 0 Å². The molecule has 4 heteroatoms. The van der Waals surface area contributed by atoms with Gasteiger partial charge in [-0.25, -0.2) is 8.78 Å². The third-order valence-electron chi connectivity index (χ3n) is 2.82. The van der Waals surface area contributed by atoms with Crippen molar-refractivity contribution in [2.45, 2.75) is 13.3 Å². The fraction of sp³-hybridized carbons (Fsp3) is 0.200. The third-order valence-corrected chi connectivity index (χ3v) is 2.82. The van der Waals surface area contributed by atoms with Crippen LogP contribution in [-0.4, -0.2) is 6.54 Å². The Morgan fingerprint density at radius 3 is 2.68 bits per heavy atom. The van der Waals surface area contributed by atoms with Crippen molar-refractivity contribution in [1.29, 1.82) is 0 Å². The molecule has 2 rings (SSSR count). The third kappa shape index (κ3) is 3.09. The molecule has 0 amide bonds. The van der Waals surface area contributed by atoms with Gasteiger partial charge < -0.3 is 10.5 Å². The molecule has 2 aromatic rings. The van der Waals surface area contributed by atoms with E-state index in [0.29, 0.717) is 24.3 Å². The van der Waals surface area contributed by atoms with E-state index in [1.165, 1.54) is 18.2 Å². The van der Waals surface area contributed by atoms with Gasteiger partial charge in [0.05, 0.1) is 0 Å². The summed E-state index contributed by atoms with van der Waals surface area (Å²) in [6.45, 7) is 2.17. The molecule has 0 saturated carbocycles. The summed E-state index contributed by atoms with van der Waals surface area (Å²) >= 11 is 0. The summed E-state index contributed by atoms with van der Waals surface area (Å²) in [6, 6.07) is 8.84. The first kappa shape index (κ1) is 13.5. The van der Waals surface area contributed by atoms with Crippen molar-refractivity contribution in [1.82, 2.24) is 0 Å². The zero-order valence-electron chi connectivity index (χ0n) is 10.6. The second kappa shape index (κ2) is 5.80. The summed E-state index contributed by atoms with van der Waals surface area (Å²) in [5.41, 5.74) is 6.90. The van der Waals surface area contributed by atoms with Crippen LogP contribution in [0.15, 0.2) is 36.4 Å². The molecule has 0 fully saturated rings. The molecule has 2 aromatic carbocycles. The van der Waals surface area contributed by atoms with Crippen LogP contribution in [-0.2, 0) is 6.42 Å². The lowest BCUT2D eigenvalue weighted by atomic mass is 10.1. The van der Waals surface area contributed by atoms with Crippen molar-refractivity contribution >= 4 is 0 Å². The molecule has 0 aliphatic carbocycles. The van der Waals surface area contributed by atoms with E-state index in [2.05, 4.69) is 0 Å². The fourth-order valence-corrected chi connectivity index (χ4v) is 1.81. The van der Waals surface area contributed by atoms with Crippen LogP contribution in [0.4, 0.5) is 8.78 Å². The topological polar surface area (TPSA) is 35.2 Å². The number of hydrogen-bond acceptors (Lipinski definition) is 2. The van der Waals surface area contributed by atoms with E-state index in [9.17, 15) is 8.78 Å². The molecule has 0 radical (unpaired) electrons. The van der Waals surface area contributed by atoms with Gasteiger partial charge in [-0.15, -0.1) is 0 Å². The highest BCUT2D eigenvalue weighted by Gasteiger charge is 2.12. The fourth-order valence-electron chi connectivity index (χ4n) is 1.81. The Kier molecular flexibility index (Phi) is 4.12. The summed E-state index contributed by atoms with van der Waals surface area (Å²) in [4.78, 5) is 0. The van der Waals surface area contributed by atoms with Gasteiger partial charge in [0.1, 0.15) is 11.6 Å². The second-order valence-corrected chi connectivity index (χ2v) is 4.28. The lowest BCUT2D eigenvalue weighted by Gasteiger charge is -2.13. The standard InChI is InChI=1S/C15H15F2NO/c1-10-5-6-12(16)9-14(10)19-15-11(7-8-18)3-2-4-13(15)17/h2-6,9H,7-8,18H2,1H3. The van der Waals surface area contributed by atoms with Crippen molar-refractivity contribution in [2.75, 3.05) is 6.54 Å². The molecule has 0 unspecified atom stereocenters. The first-order valence-electron chi connectivity index (χ1n) is 6.03. The zero-order chi connectivity index (χ0) is 13.8. The largest absolute Gasteiger partial charge is 0.454 e. The van der Waals surface area contributed by atoms with Gasteiger partial charge in [-0.3, -0.25) is 0 Å². The first-order chi connectivity index (χ1) is 9.11. The van der Waals surface area contributed by atoms with Crippen molar-refractivity contribution in [3.05, 3.63) is 59.2 Å². The predicted octanol–water partition coefficient (Wildman–Crippen LogP) is 3.57. The average molecular weight is 263 g/mol. The molecular weight excluding hydrogens is 248 g/mol. The van der Waals surface area contributed by atoms with E-state index in [-0.39, 0.29) is 5.75 Å². The van der Waals surface area contributed by atoms with Crippen LogP contribution in [0.5, 0.6) is 11.5 Å². The summed E-state index contributed by atoms with van der Waals surface area (Å²) in [5.74, 6) is -0.475. The first-order valence-corrected chi connectivity index (χ1v) is 6.03. The molecule has 0 aliphatic heterocycles. The van der Waals surface area contributed by atoms with Crippen molar-refractivity contribution < 1.29 is 13.5 Å². The van der Waals surface area contributed by atoms with Crippen LogP contribution in [0.2, 0.25) is 0 Å².